The van der Waals surface area contributed by atoms with Gasteiger partial charge in [0.05, 0.1) is 6.42 Å². The van der Waals surface area contributed by atoms with Gasteiger partial charge < -0.3 is 15.6 Å². The number of rotatable bonds is 4. The molecule has 0 radical (unpaired) electrons. The molecule has 0 bridgehead atoms. The third-order valence-corrected chi connectivity index (χ3v) is 2.00. The first-order chi connectivity index (χ1) is 8.19. The van der Waals surface area contributed by atoms with Crippen LogP contribution in [-0.2, 0) is 4.79 Å². The summed E-state index contributed by atoms with van der Waals surface area (Å²) in [5, 5.41) is 8.48. The number of benzene rings is 1. The third kappa shape index (κ3) is 4.21. The Hall–Kier alpha value is -1.83. The lowest BCUT2D eigenvalue weighted by atomic mass is 10.0. The molecule has 8 heteroatoms. The number of carboxylic acid groups (broad SMARTS) is 1. The number of ether oxygens (including phenoxy) is 1. The number of carbonyl (C=O) groups is 1. The second kappa shape index (κ2) is 5.21. The second-order valence-corrected chi connectivity index (χ2v) is 3.44. The highest BCUT2D eigenvalue weighted by Gasteiger charge is 2.31. The highest BCUT2D eigenvalue weighted by Crippen LogP contribution is 2.27. The highest BCUT2D eigenvalue weighted by molar-refractivity contribution is 5.68. The van der Waals surface area contributed by atoms with E-state index < -0.39 is 36.4 Å². The van der Waals surface area contributed by atoms with Gasteiger partial charge in [-0.1, -0.05) is 0 Å². The summed E-state index contributed by atoms with van der Waals surface area (Å²) >= 11 is 0. The molecule has 0 saturated carbocycles. The fraction of sp³-hybridized carbons (Fsp3) is 0.300. The van der Waals surface area contributed by atoms with E-state index in [9.17, 15) is 22.4 Å². The monoisotopic (exact) mass is 267 g/mol. The fourth-order valence-electron chi connectivity index (χ4n) is 1.30. The third-order valence-electron chi connectivity index (χ3n) is 2.00. The predicted octanol–water partition coefficient (Wildman–Crippen LogP) is 2.20. The van der Waals surface area contributed by atoms with Gasteiger partial charge in [0.15, 0.2) is 0 Å². The molecule has 0 aliphatic heterocycles. The van der Waals surface area contributed by atoms with Crippen molar-refractivity contribution in [3.63, 3.8) is 0 Å². The van der Waals surface area contributed by atoms with Crippen LogP contribution in [0.3, 0.4) is 0 Å². The number of hydrogen-bond donors (Lipinski definition) is 2. The van der Waals surface area contributed by atoms with Crippen molar-refractivity contribution in [2.75, 3.05) is 0 Å². The van der Waals surface area contributed by atoms with Crippen molar-refractivity contribution in [2.45, 2.75) is 18.8 Å². The zero-order valence-corrected chi connectivity index (χ0v) is 8.87. The Labute approximate surface area is 99.0 Å². The van der Waals surface area contributed by atoms with Crippen LogP contribution in [0.4, 0.5) is 17.6 Å². The van der Waals surface area contributed by atoms with E-state index >= 15 is 0 Å². The van der Waals surface area contributed by atoms with Crippen LogP contribution < -0.4 is 10.5 Å². The zero-order valence-electron chi connectivity index (χ0n) is 8.87. The highest BCUT2D eigenvalue weighted by atomic mass is 19.4. The molecule has 0 saturated heterocycles. The smallest absolute Gasteiger partial charge is 0.481 e. The van der Waals surface area contributed by atoms with Crippen LogP contribution in [0.2, 0.25) is 0 Å². The Balaban J connectivity index is 2.97. The first kappa shape index (κ1) is 14.2. The summed E-state index contributed by atoms with van der Waals surface area (Å²) < 4.78 is 52.7. The summed E-state index contributed by atoms with van der Waals surface area (Å²) in [4.78, 5) is 10.4. The van der Waals surface area contributed by atoms with Crippen molar-refractivity contribution in [2.24, 2.45) is 5.73 Å². The first-order valence-corrected chi connectivity index (χ1v) is 4.71. The van der Waals surface area contributed by atoms with Gasteiger partial charge in [0.1, 0.15) is 11.6 Å². The summed E-state index contributed by atoms with van der Waals surface area (Å²) in [6.45, 7) is 0. The van der Waals surface area contributed by atoms with Gasteiger partial charge in [-0.25, -0.2) is 4.39 Å². The Bertz CT molecular complexity index is 447. The fourth-order valence-corrected chi connectivity index (χ4v) is 1.30. The van der Waals surface area contributed by atoms with Crippen molar-refractivity contribution in [3.05, 3.63) is 29.6 Å². The van der Waals surface area contributed by atoms with Crippen LogP contribution in [0, 0.1) is 5.82 Å². The molecule has 1 rings (SSSR count). The average Bonchev–Trinajstić information content (AvgIpc) is 2.17. The average molecular weight is 267 g/mol. The number of halogens is 4. The molecule has 0 aliphatic rings. The summed E-state index contributed by atoms with van der Waals surface area (Å²) in [7, 11) is 0. The standard InChI is InChI=1S/C10H9F4NO3/c11-7-2-1-5(18-10(12,13)14)3-6(7)8(15)4-9(16)17/h1-3,8H,4,15H2,(H,16,17)/t8-/m0/s1. The van der Waals surface area contributed by atoms with Gasteiger partial charge in [0.25, 0.3) is 0 Å². The molecule has 0 aliphatic carbocycles. The minimum atomic E-state index is -4.91. The Morgan fingerprint density at radius 3 is 2.56 bits per heavy atom. The van der Waals surface area contributed by atoms with Crippen molar-refractivity contribution in [3.8, 4) is 5.75 Å². The van der Waals surface area contributed by atoms with Gasteiger partial charge in [0, 0.05) is 11.6 Å². The molecule has 3 N–H and O–H groups in total. The summed E-state index contributed by atoms with van der Waals surface area (Å²) in [6.07, 6.45) is -5.52. The van der Waals surface area contributed by atoms with Crippen LogP contribution >= 0.6 is 0 Å². The molecule has 1 aromatic carbocycles. The Morgan fingerprint density at radius 1 is 1.44 bits per heavy atom. The minimum Gasteiger partial charge on any atom is -0.481 e. The molecule has 1 aromatic rings. The van der Waals surface area contributed by atoms with E-state index in [2.05, 4.69) is 4.74 Å². The molecule has 0 fully saturated rings. The van der Waals surface area contributed by atoms with Gasteiger partial charge in [-0.15, -0.1) is 13.2 Å². The number of nitrogens with two attached hydrogens (primary N) is 1. The van der Waals surface area contributed by atoms with Gasteiger partial charge >= 0.3 is 12.3 Å². The molecule has 18 heavy (non-hydrogen) atoms. The lowest BCUT2D eigenvalue weighted by Crippen LogP contribution is -2.19. The van der Waals surface area contributed by atoms with Crippen LogP contribution in [0.1, 0.15) is 18.0 Å². The normalized spacial score (nSPS) is 13.2. The first-order valence-electron chi connectivity index (χ1n) is 4.71. The molecular formula is C10H9F4NO3. The molecule has 1 atom stereocenters. The van der Waals surface area contributed by atoms with E-state index in [4.69, 9.17) is 10.8 Å². The van der Waals surface area contributed by atoms with Gasteiger partial charge in [-0.2, -0.15) is 0 Å². The summed E-state index contributed by atoms with van der Waals surface area (Å²) in [6, 6.07) is 0.994. The number of alkyl halides is 3. The van der Waals surface area contributed by atoms with Crippen molar-refractivity contribution in [1.82, 2.24) is 0 Å². The second-order valence-electron chi connectivity index (χ2n) is 3.44. The van der Waals surface area contributed by atoms with E-state index in [0.29, 0.717) is 0 Å². The lowest BCUT2D eigenvalue weighted by molar-refractivity contribution is -0.274. The van der Waals surface area contributed by atoms with E-state index in [0.717, 1.165) is 18.2 Å². The molecule has 0 spiro atoms. The van der Waals surface area contributed by atoms with E-state index in [1.807, 2.05) is 0 Å². The summed E-state index contributed by atoms with van der Waals surface area (Å²) in [5.74, 6) is -2.83. The zero-order chi connectivity index (χ0) is 13.9. The molecule has 0 aromatic heterocycles. The molecule has 0 heterocycles. The number of carboxylic acids is 1. The topological polar surface area (TPSA) is 72.6 Å². The quantitative estimate of drug-likeness (QED) is 0.820. The maximum absolute atomic E-state index is 13.3. The lowest BCUT2D eigenvalue weighted by Gasteiger charge is -2.14. The molecular weight excluding hydrogens is 258 g/mol. The SMILES string of the molecule is N[C@@H](CC(=O)O)c1cc(OC(F)(F)F)ccc1F. The van der Waals surface area contributed by atoms with E-state index in [1.165, 1.54) is 0 Å². The Morgan fingerprint density at radius 2 is 2.06 bits per heavy atom. The van der Waals surface area contributed by atoms with E-state index in [1.54, 1.807) is 0 Å². The van der Waals surface area contributed by atoms with Crippen molar-refractivity contribution < 1.29 is 32.2 Å². The molecule has 0 unspecified atom stereocenters. The van der Waals surface area contributed by atoms with E-state index in [-0.39, 0.29) is 5.56 Å². The largest absolute Gasteiger partial charge is 0.573 e. The number of aliphatic carboxylic acids is 1. The van der Waals surface area contributed by atoms with Crippen molar-refractivity contribution >= 4 is 5.97 Å². The molecule has 4 nitrogen and oxygen atoms in total. The van der Waals surface area contributed by atoms with Crippen LogP contribution in [0.5, 0.6) is 5.75 Å². The van der Waals surface area contributed by atoms with Crippen LogP contribution in [-0.4, -0.2) is 17.4 Å². The minimum absolute atomic E-state index is 0.348. The van der Waals surface area contributed by atoms with Crippen LogP contribution in [0.15, 0.2) is 18.2 Å². The van der Waals surface area contributed by atoms with Gasteiger partial charge in [-0.3, -0.25) is 4.79 Å². The summed E-state index contributed by atoms with van der Waals surface area (Å²) in [5.41, 5.74) is 5.02. The number of hydrogen-bond acceptors (Lipinski definition) is 3. The van der Waals surface area contributed by atoms with Crippen LogP contribution in [0.25, 0.3) is 0 Å². The van der Waals surface area contributed by atoms with Gasteiger partial charge in [0.2, 0.25) is 0 Å². The maximum atomic E-state index is 13.3. The Kier molecular flexibility index (Phi) is 4.12. The van der Waals surface area contributed by atoms with Gasteiger partial charge in [-0.05, 0) is 18.2 Å². The predicted molar refractivity (Wildman–Crippen MR) is 52.3 cm³/mol. The maximum Gasteiger partial charge on any atom is 0.573 e. The van der Waals surface area contributed by atoms with Crippen molar-refractivity contribution in [1.29, 1.82) is 0 Å². The molecule has 0 amide bonds. The molecule has 100 valence electrons.